The molecule has 0 fully saturated rings. The quantitative estimate of drug-likeness (QED) is 0.868. The number of imidazole rings is 1. The highest BCUT2D eigenvalue weighted by Crippen LogP contribution is 2.30. The molecule has 5 heteroatoms. The second-order valence-corrected chi connectivity index (χ2v) is 4.16. The molecule has 0 unspecified atom stereocenters. The van der Waals surface area contributed by atoms with Crippen LogP contribution in [0.3, 0.4) is 0 Å². The highest BCUT2D eigenvalue weighted by atomic mass is 35.5. The average molecular weight is 257 g/mol. The first kappa shape index (κ1) is 12.0. The van der Waals surface area contributed by atoms with E-state index in [9.17, 15) is 8.78 Å². The molecule has 0 bridgehead atoms. The number of halogens is 3. The van der Waals surface area contributed by atoms with Crippen LogP contribution in [0.1, 0.15) is 18.3 Å². The predicted molar refractivity (Wildman–Crippen MR) is 63.1 cm³/mol. The number of aryl methyl sites for hydroxylation is 2. The molecule has 0 amide bonds. The Morgan fingerprint density at radius 1 is 1.35 bits per heavy atom. The molecule has 1 heterocycles. The van der Waals surface area contributed by atoms with Crippen LogP contribution < -0.4 is 0 Å². The fourth-order valence-electron chi connectivity index (χ4n) is 1.73. The molecule has 1 N–H and O–H groups in total. The predicted octanol–water partition coefficient (Wildman–Crippen LogP) is 3.88. The Morgan fingerprint density at radius 2 is 2.06 bits per heavy atom. The molecule has 0 aliphatic rings. The van der Waals surface area contributed by atoms with Crippen molar-refractivity contribution in [3.05, 3.63) is 40.2 Å². The van der Waals surface area contributed by atoms with Gasteiger partial charge in [-0.1, -0.05) is 18.5 Å². The van der Waals surface area contributed by atoms with Gasteiger partial charge < -0.3 is 4.98 Å². The lowest BCUT2D eigenvalue weighted by atomic mass is 10.2. The fraction of sp³-hybridized carbons (Fsp3) is 0.250. The van der Waals surface area contributed by atoms with Gasteiger partial charge >= 0.3 is 0 Å². The van der Waals surface area contributed by atoms with Crippen molar-refractivity contribution < 1.29 is 8.78 Å². The van der Waals surface area contributed by atoms with Crippen molar-refractivity contribution in [2.45, 2.75) is 20.3 Å². The molecule has 2 nitrogen and oxygen atoms in total. The van der Waals surface area contributed by atoms with E-state index in [-0.39, 0.29) is 10.6 Å². The maximum absolute atomic E-state index is 13.7. The lowest BCUT2D eigenvalue weighted by Gasteiger charge is -2.02. The van der Waals surface area contributed by atoms with Crippen LogP contribution in [0.25, 0.3) is 11.4 Å². The van der Waals surface area contributed by atoms with Crippen LogP contribution in [-0.4, -0.2) is 9.97 Å². The van der Waals surface area contributed by atoms with Crippen molar-refractivity contribution in [2.75, 3.05) is 0 Å². The summed E-state index contributed by atoms with van der Waals surface area (Å²) in [7, 11) is 0. The third-order valence-corrected chi connectivity index (χ3v) is 2.86. The molecule has 0 aliphatic heterocycles. The first-order chi connectivity index (χ1) is 8.02. The van der Waals surface area contributed by atoms with E-state index in [0.29, 0.717) is 5.82 Å². The lowest BCUT2D eigenvalue weighted by molar-refractivity contribution is 0.585. The number of hydrogen-bond donors (Lipinski definition) is 1. The SMILES string of the molecule is CCc1nc(-c2c(F)cc(F)cc2Cl)[nH]c1C. The zero-order valence-corrected chi connectivity index (χ0v) is 10.2. The Kier molecular flexibility index (Phi) is 3.15. The number of H-pyrrole nitrogens is 1. The summed E-state index contributed by atoms with van der Waals surface area (Å²) in [6.45, 7) is 3.81. The highest BCUT2D eigenvalue weighted by Gasteiger charge is 2.16. The Labute approximate surface area is 103 Å². The molecule has 90 valence electrons. The highest BCUT2D eigenvalue weighted by molar-refractivity contribution is 6.33. The Bertz CT molecular complexity index is 541. The van der Waals surface area contributed by atoms with Gasteiger partial charge in [-0.3, -0.25) is 0 Å². The van der Waals surface area contributed by atoms with E-state index in [1.807, 2.05) is 13.8 Å². The molecule has 0 atom stereocenters. The van der Waals surface area contributed by atoms with E-state index >= 15 is 0 Å². The van der Waals surface area contributed by atoms with Crippen LogP contribution in [0, 0.1) is 18.6 Å². The number of nitrogens with one attached hydrogen (secondary N) is 1. The van der Waals surface area contributed by atoms with Gasteiger partial charge in [0, 0.05) is 11.8 Å². The summed E-state index contributed by atoms with van der Waals surface area (Å²) in [5.74, 6) is -1.08. The van der Waals surface area contributed by atoms with Crippen LogP contribution in [0.2, 0.25) is 5.02 Å². The average Bonchev–Trinajstić information content (AvgIpc) is 2.57. The van der Waals surface area contributed by atoms with Crippen LogP contribution in [0.4, 0.5) is 8.78 Å². The largest absolute Gasteiger partial charge is 0.342 e. The maximum Gasteiger partial charge on any atom is 0.142 e. The molecule has 17 heavy (non-hydrogen) atoms. The van der Waals surface area contributed by atoms with E-state index in [0.717, 1.165) is 29.9 Å². The maximum atomic E-state index is 13.7. The molecule has 0 aliphatic carbocycles. The molecular formula is C12H11ClF2N2. The number of aromatic amines is 1. The van der Waals surface area contributed by atoms with E-state index in [4.69, 9.17) is 11.6 Å². The molecule has 0 radical (unpaired) electrons. The lowest BCUT2D eigenvalue weighted by Crippen LogP contribution is -1.90. The van der Waals surface area contributed by atoms with Crippen molar-refractivity contribution >= 4 is 11.6 Å². The Morgan fingerprint density at radius 3 is 2.59 bits per heavy atom. The third-order valence-electron chi connectivity index (χ3n) is 2.56. The first-order valence-electron chi connectivity index (χ1n) is 5.23. The molecule has 1 aromatic carbocycles. The van der Waals surface area contributed by atoms with Gasteiger partial charge in [-0.05, 0) is 19.4 Å². The van der Waals surface area contributed by atoms with Crippen molar-refractivity contribution in [2.24, 2.45) is 0 Å². The Balaban J connectivity index is 2.60. The Hall–Kier alpha value is -1.42. The third kappa shape index (κ3) is 2.17. The van der Waals surface area contributed by atoms with E-state index in [1.165, 1.54) is 0 Å². The van der Waals surface area contributed by atoms with Gasteiger partial charge in [-0.25, -0.2) is 13.8 Å². The van der Waals surface area contributed by atoms with Crippen molar-refractivity contribution in [1.82, 2.24) is 9.97 Å². The zero-order valence-electron chi connectivity index (χ0n) is 9.44. The van der Waals surface area contributed by atoms with Crippen molar-refractivity contribution in [3.8, 4) is 11.4 Å². The van der Waals surface area contributed by atoms with E-state index < -0.39 is 11.6 Å². The molecule has 1 aromatic heterocycles. The van der Waals surface area contributed by atoms with Gasteiger partial charge in [0.05, 0.1) is 16.3 Å². The van der Waals surface area contributed by atoms with Gasteiger partial charge in [0.2, 0.25) is 0 Å². The van der Waals surface area contributed by atoms with E-state index in [1.54, 1.807) is 0 Å². The summed E-state index contributed by atoms with van der Waals surface area (Å²) in [5.41, 5.74) is 1.82. The van der Waals surface area contributed by atoms with E-state index in [2.05, 4.69) is 9.97 Å². The summed E-state index contributed by atoms with van der Waals surface area (Å²) in [6.07, 6.45) is 0.739. The van der Waals surface area contributed by atoms with Crippen molar-refractivity contribution in [1.29, 1.82) is 0 Å². The van der Waals surface area contributed by atoms with Gasteiger partial charge in [-0.2, -0.15) is 0 Å². The summed E-state index contributed by atoms with van der Waals surface area (Å²) in [5, 5.41) is 0.0129. The van der Waals surface area contributed by atoms with Gasteiger partial charge in [-0.15, -0.1) is 0 Å². The second kappa shape index (κ2) is 4.45. The molecule has 2 rings (SSSR count). The second-order valence-electron chi connectivity index (χ2n) is 3.76. The molecule has 0 saturated heterocycles. The molecule has 2 aromatic rings. The number of nitrogens with zero attached hydrogens (tertiary/aromatic N) is 1. The molecular weight excluding hydrogens is 246 g/mol. The minimum atomic E-state index is -0.716. The number of hydrogen-bond acceptors (Lipinski definition) is 1. The van der Waals surface area contributed by atoms with Gasteiger partial charge in [0.1, 0.15) is 17.5 Å². The first-order valence-corrected chi connectivity index (χ1v) is 5.61. The van der Waals surface area contributed by atoms with Gasteiger partial charge in [0.25, 0.3) is 0 Å². The summed E-state index contributed by atoms with van der Waals surface area (Å²) in [6, 6.07) is 1.87. The smallest absolute Gasteiger partial charge is 0.142 e. The summed E-state index contributed by atoms with van der Waals surface area (Å²) < 4.78 is 26.6. The van der Waals surface area contributed by atoms with Crippen LogP contribution in [-0.2, 0) is 6.42 Å². The standard InChI is InChI=1S/C12H11ClF2N2/c1-3-10-6(2)16-12(17-10)11-8(13)4-7(14)5-9(11)15/h4-5H,3H2,1-2H3,(H,16,17). The number of benzene rings is 1. The minimum Gasteiger partial charge on any atom is -0.342 e. The van der Waals surface area contributed by atoms with Crippen LogP contribution in [0.15, 0.2) is 12.1 Å². The zero-order chi connectivity index (χ0) is 12.6. The number of aromatic nitrogens is 2. The summed E-state index contributed by atoms with van der Waals surface area (Å²) in [4.78, 5) is 7.20. The number of rotatable bonds is 2. The fourth-order valence-corrected chi connectivity index (χ4v) is 2.01. The van der Waals surface area contributed by atoms with Crippen LogP contribution in [0.5, 0.6) is 0 Å². The summed E-state index contributed by atoms with van der Waals surface area (Å²) >= 11 is 5.83. The minimum absolute atomic E-state index is 0.0129. The van der Waals surface area contributed by atoms with Crippen molar-refractivity contribution in [3.63, 3.8) is 0 Å². The monoisotopic (exact) mass is 256 g/mol. The van der Waals surface area contributed by atoms with Gasteiger partial charge in [0.15, 0.2) is 0 Å². The normalized spacial score (nSPS) is 10.9. The van der Waals surface area contributed by atoms with Crippen LogP contribution >= 0.6 is 11.6 Å². The molecule has 0 spiro atoms. The topological polar surface area (TPSA) is 28.7 Å². The molecule has 0 saturated carbocycles.